The molecule has 1 aromatic rings. The maximum Gasteiger partial charge on any atom is 0.220 e. The van der Waals surface area contributed by atoms with E-state index >= 15 is 0 Å². The van der Waals surface area contributed by atoms with Gasteiger partial charge in [0.2, 0.25) is 5.91 Å². The molecule has 1 saturated heterocycles. The molecule has 0 saturated carbocycles. The van der Waals surface area contributed by atoms with Crippen molar-refractivity contribution >= 4 is 29.1 Å². The first-order valence-electron chi connectivity index (χ1n) is 4.12. The number of nitrogens with one attached hydrogen (secondary N) is 1. The van der Waals surface area contributed by atoms with Gasteiger partial charge in [0.05, 0.1) is 0 Å². The van der Waals surface area contributed by atoms with Gasteiger partial charge >= 0.3 is 0 Å². The molecule has 1 aromatic heterocycles. The van der Waals surface area contributed by atoms with Crippen molar-refractivity contribution in [3.05, 3.63) is 21.9 Å². The van der Waals surface area contributed by atoms with E-state index in [2.05, 4.69) is 15.5 Å². The van der Waals surface area contributed by atoms with Gasteiger partial charge in [0, 0.05) is 18.9 Å². The van der Waals surface area contributed by atoms with Crippen molar-refractivity contribution < 1.29 is 4.79 Å². The van der Waals surface area contributed by atoms with Gasteiger partial charge in [0.25, 0.3) is 0 Å². The summed E-state index contributed by atoms with van der Waals surface area (Å²) in [6, 6.07) is 1.65. The molecular formula is C8H7Cl2N3O. The van der Waals surface area contributed by atoms with Crippen molar-refractivity contribution in [1.82, 2.24) is 15.5 Å². The molecule has 1 N–H and O–H groups in total. The van der Waals surface area contributed by atoms with Gasteiger partial charge in [0.1, 0.15) is 0 Å². The monoisotopic (exact) mass is 231 g/mol. The molecule has 0 aromatic carbocycles. The zero-order valence-electron chi connectivity index (χ0n) is 7.13. The molecule has 2 heterocycles. The van der Waals surface area contributed by atoms with E-state index in [0.29, 0.717) is 23.3 Å². The van der Waals surface area contributed by atoms with Crippen molar-refractivity contribution in [2.24, 2.45) is 0 Å². The van der Waals surface area contributed by atoms with Crippen LogP contribution in [0.25, 0.3) is 0 Å². The van der Waals surface area contributed by atoms with E-state index in [1.807, 2.05) is 0 Å². The van der Waals surface area contributed by atoms with Crippen LogP contribution in [0.3, 0.4) is 0 Å². The van der Waals surface area contributed by atoms with Crippen LogP contribution in [0.2, 0.25) is 10.3 Å². The molecule has 2 rings (SSSR count). The Morgan fingerprint density at radius 2 is 2.21 bits per heavy atom. The molecular weight excluding hydrogens is 225 g/mol. The molecule has 1 aliphatic heterocycles. The molecule has 74 valence electrons. The minimum Gasteiger partial charge on any atom is -0.355 e. The van der Waals surface area contributed by atoms with Gasteiger partial charge in [-0.15, -0.1) is 10.2 Å². The zero-order valence-corrected chi connectivity index (χ0v) is 8.64. The maximum atomic E-state index is 11.0. The van der Waals surface area contributed by atoms with Crippen LogP contribution >= 0.6 is 23.2 Å². The second-order valence-corrected chi connectivity index (χ2v) is 3.86. The van der Waals surface area contributed by atoms with Crippen LogP contribution in [-0.2, 0) is 4.79 Å². The third-order valence-corrected chi connectivity index (χ3v) is 2.64. The number of carbonyl (C=O) groups excluding carboxylic acids is 1. The second-order valence-electron chi connectivity index (χ2n) is 3.12. The first-order chi connectivity index (χ1) is 6.66. The fraction of sp³-hybridized carbons (Fsp3) is 0.375. The lowest BCUT2D eigenvalue weighted by Gasteiger charge is -2.08. The highest BCUT2D eigenvalue weighted by Gasteiger charge is 2.25. The fourth-order valence-electron chi connectivity index (χ4n) is 1.48. The van der Waals surface area contributed by atoms with Gasteiger partial charge in [-0.05, 0) is 11.6 Å². The first kappa shape index (κ1) is 9.68. The Morgan fingerprint density at radius 1 is 1.43 bits per heavy atom. The third kappa shape index (κ3) is 1.81. The summed E-state index contributed by atoms with van der Waals surface area (Å²) in [4.78, 5) is 11.0. The van der Waals surface area contributed by atoms with Gasteiger partial charge < -0.3 is 5.32 Å². The average molecular weight is 232 g/mol. The van der Waals surface area contributed by atoms with Crippen LogP contribution < -0.4 is 5.32 Å². The molecule has 0 aliphatic carbocycles. The number of hydrogen-bond acceptors (Lipinski definition) is 3. The van der Waals surface area contributed by atoms with Crippen LogP contribution in [0.1, 0.15) is 17.9 Å². The summed E-state index contributed by atoms with van der Waals surface area (Å²) in [7, 11) is 0. The van der Waals surface area contributed by atoms with Crippen LogP contribution in [-0.4, -0.2) is 22.6 Å². The van der Waals surface area contributed by atoms with E-state index in [9.17, 15) is 4.79 Å². The van der Waals surface area contributed by atoms with Crippen molar-refractivity contribution in [2.75, 3.05) is 6.54 Å². The highest BCUT2D eigenvalue weighted by molar-refractivity contribution is 6.31. The maximum absolute atomic E-state index is 11.0. The SMILES string of the molecule is O=C1CC(c2cc(Cl)nnc2Cl)CN1. The quantitative estimate of drug-likeness (QED) is 0.795. The Balaban J connectivity index is 2.31. The summed E-state index contributed by atoms with van der Waals surface area (Å²) in [6.45, 7) is 0.584. The number of nitrogens with zero attached hydrogens (tertiary/aromatic N) is 2. The zero-order chi connectivity index (χ0) is 10.1. The average Bonchev–Trinajstić information content (AvgIpc) is 2.56. The van der Waals surface area contributed by atoms with Crippen molar-refractivity contribution in [3.63, 3.8) is 0 Å². The molecule has 14 heavy (non-hydrogen) atoms. The van der Waals surface area contributed by atoms with Gasteiger partial charge in [-0.1, -0.05) is 23.2 Å². The van der Waals surface area contributed by atoms with Crippen LogP contribution in [0.4, 0.5) is 0 Å². The number of halogens is 2. The lowest BCUT2D eigenvalue weighted by atomic mass is 10.0. The summed E-state index contributed by atoms with van der Waals surface area (Å²) >= 11 is 11.5. The highest BCUT2D eigenvalue weighted by Crippen LogP contribution is 2.28. The summed E-state index contributed by atoms with van der Waals surface area (Å²) < 4.78 is 0. The number of amides is 1. The van der Waals surface area contributed by atoms with Gasteiger partial charge in [-0.2, -0.15) is 0 Å². The Morgan fingerprint density at radius 3 is 2.86 bits per heavy atom. The van der Waals surface area contributed by atoms with Crippen LogP contribution in [0, 0.1) is 0 Å². The summed E-state index contributed by atoms with van der Waals surface area (Å²) in [5.74, 6) is 0.0852. The topological polar surface area (TPSA) is 54.9 Å². The smallest absolute Gasteiger partial charge is 0.220 e. The lowest BCUT2D eigenvalue weighted by Crippen LogP contribution is -2.13. The molecule has 1 fully saturated rings. The van der Waals surface area contributed by atoms with Gasteiger partial charge in [0.15, 0.2) is 10.3 Å². The number of carbonyl (C=O) groups is 1. The largest absolute Gasteiger partial charge is 0.355 e. The first-order valence-corrected chi connectivity index (χ1v) is 4.87. The highest BCUT2D eigenvalue weighted by atomic mass is 35.5. The van der Waals surface area contributed by atoms with E-state index < -0.39 is 0 Å². The lowest BCUT2D eigenvalue weighted by molar-refractivity contribution is -0.119. The van der Waals surface area contributed by atoms with E-state index in [4.69, 9.17) is 23.2 Å². The minimum absolute atomic E-state index is 0.0269. The molecule has 1 unspecified atom stereocenters. The molecule has 0 radical (unpaired) electrons. The minimum atomic E-state index is 0.0269. The molecule has 0 spiro atoms. The van der Waals surface area contributed by atoms with E-state index in [-0.39, 0.29) is 11.8 Å². The Bertz CT molecular complexity index is 383. The van der Waals surface area contributed by atoms with E-state index in [0.717, 1.165) is 5.56 Å². The molecule has 0 bridgehead atoms. The predicted molar refractivity (Wildman–Crippen MR) is 52.4 cm³/mol. The Kier molecular flexibility index (Phi) is 2.56. The van der Waals surface area contributed by atoms with E-state index in [1.165, 1.54) is 0 Å². The summed E-state index contributed by atoms with van der Waals surface area (Å²) in [5, 5.41) is 10.6. The number of rotatable bonds is 1. The summed E-state index contributed by atoms with van der Waals surface area (Å²) in [6.07, 6.45) is 0.432. The molecule has 4 nitrogen and oxygen atoms in total. The molecule has 1 amide bonds. The number of hydrogen-bond donors (Lipinski definition) is 1. The van der Waals surface area contributed by atoms with Gasteiger partial charge in [-0.3, -0.25) is 4.79 Å². The summed E-state index contributed by atoms with van der Waals surface area (Å²) in [5.41, 5.74) is 0.782. The fourth-order valence-corrected chi connectivity index (χ4v) is 1.88. The third-order valence-electron chi connectivity index (χ3n) is 2.16. The van der Waals surface area contributed by atoms with Crippen molar-refractivity contribution in [1.29, 1.82) is 0 Å². The van der Waals surface area contributed by atoms with Crippen LogP contribution in [0.5, 0.6) is 0 Å². The molecule has 6 heteroatoms. The Hall–Kier alpha value is -0.870. The van der Waals surface area contributed by atoms with Gasteiger partial charge in [-0.25, -0.2) is 0 Å². The van der Waals surface area contributed by atoms with Crippen LogP contribution in [0.15, 0.2) is 6.07 Å². The second kappa shape index (κ2) is 3.71. The van der Waals surface area contributed by atoms with E-state index in [1.54, 1.807) is 6.07 Å². The normalized spacial score (nSPS) is 21.0. The molecule has 1 aliphatic rings. The predicted octanol–water partition coefficient (Wildman–Crippen LogP) is 1.39. The number of aromatic nitrogens is 2. The standard InChI is InChI=1S/C8H7Cl2N3O/c9-6-2-5(8(10)13-12-6)4-1-7(14)11-3-4/h2,4H,1,3H2,(H,11,14). The van der Waals surface area contributed by atoms with Crippen molar-refractivity contribution in [3.8, 4) is 0 Å². The van der Waals surface area contributed by atoms with Crippen molar-refractivity contribution in [2.45, 2.75) is 12.3 Å². The Labute approximate surface area is 90.6 Å². The molecule has 1 atom stereocenters.